The monoisotopic (exact) mass is 316 g/mol. The van der Waals surface area contributed by atoms with E-state index in [4.69, 9.17) is 0 Å². The predicted molar refractivity (Wildman–Crippen MR) is 77.7 cm³/mol. The van der Waals surface area contributed by atoms with Crippen molar-refractivity contribution in [3.63, 3.8) is 0 Å². The van der Waals surface area contributed by atoms with Gasteiger partial charge in [0.15, 0.2) is 4.90 Å². The molecule has 8 nitrogen and oxygen atoms in total. The Hall–Kier alpha value is -1.45. The van der Waals surface area contributed by atoms with Gasteiger partial charge in [0.05, 0.1) is 0 Å². The third kappa shape index (κ3) is 3.25. The van der Waals surface area contributed by atoms with Gasteiger partial charge in [-0.15, -0.1) is 0 Å². The van der Waals surface area contributed by atoms with Crippen molar-refractivity contribution in [2.24, 2.45) is 0 Å². The minimum Gasteiger partial charge on any atom is -0.317 e. The van der Waals surface area contributed by atoms with E-state index in [0.717, 1.165) is 31.9 Å². The molecule has 1 heterocycles. The van der Waals surface area contributed by atoms with Gasteiger partial charge in [-0.3, -0.25) is 9.78 Å². The van der Waals surface area contributed by atoms with Crippen molar-refractivity contribution in [3.8, 4) is 0 Å². The van der Waals surface area contributed by atoms with E-state index in [1.807, 2.05) is 12.0 Å². The fraction of sp³-hybridized carbons (Fsp3) is 0.667. The van der Waals surface area contributed by atoms with Crippen LogP contribution in [0.25, 0.3) is 0 Å². The first-order valence-corrected chi connectivity index (χ1v) is 8.27. The lowest BCUT2D eigenvalue weighted by Gasteiger charge is -2.33. The molecule has 21 heavy (non-hydrogen) atoms. The van der Waals surface area contributed by atoms with E-state index in [1.54, 1.807) is 0 Å². The lowest BCUT2D eigenvalue weighted by molar-refractivity contribution is 0.255. The molecule has 0 aliphatic heterocycles. The highest BCUT2D eigenvalue weighted by Crippen LogP contribution is 2.25. The minimum atomic E-state index is -3.91. The summed E-state index contributed by atoms with van der Waals surface area (Å²) in [6.07, 6.45) is 4.21. The number of hydrogen-bond donors (Lipinski definition) is 3. The molecule has 0 aromatic carbocycles. The van der Waals surface area contributed by atoms with Crippen molar-refractivity contribution in [1.29, 1.82) is 0 Å². The predicted octanol–water partition coefficient (Wildman–Crippen LogP) is -0.786. The van der Waals surface area contributed by atoms with E-state index in [1.165, 1.54) is 11.4 Å². The number of sulfonamides is 1. The Morgan fingerprint density at radius 3 is 2.38 bits per heavy atom. The van der Waals surface area contributed by atoms with Crippen molar-refractivity contribution in [2.75, 3.05) is 14.1 Å². The summed E-state index contributed by atoms with van der Waals surface area (Å²) in [5, 5.41) is 3.19. The molecule has 3 N–H and O–H groups in total. The fourth-order valence-electron chi connectivity index (χ4n) is 2.67. The summed E-state index contributed by atoms with van der Waals surface area (Å²) in [5.41, 5.74) is -1.62. The van der Waals surface area contributed by atoms with E-state index >= 15 is 0 Å². The molecule has 0 radical (unpaired) electrons. The van der Waals surface area contributed by atoms with E-state index < -0.39 is 26.2 Å². The maximum absolute atomic E-state index is 12.5. The second kappa shape index (κ2) is 6.12. The van der Waals surface area contributed by atoms with E-state index in [-0.39, 0.29) is 6.04 Å². The van der Waals surface area contributed by atoms with Crippen LogP contribution in [-0.2, 0) is 10.0 Å². The molecule has 118 valence electrons. The second-order valence-corrected chi connectivity index (χ2v) is 7.22. The highest BCUT2D eigenvalue weighted by Gasteiger charge is 2.32. The van der Waals surface area contributed by atoms with Crippen LogP contribution in [0.1, 0.15) is 25.7 Å². The SMILES string of the molecule is CNC1CCC(N(C)S(=O)(=O)c2c[nH]c(=O)[nH]c2=O)CC1. The van der Waals surface area contributed by atoms with Gasteiger partial charge in [-0.1, -0.05) is 0 Å². The van der Waals surface area contributed by atoms with Gasteiger partial charge >= 0.3 is 5.69 Å². The number of H-pyrrole nitrogens is 2. The van der Waals surface area contributed by atoms with Crippen molar-refractivity contribution >= 4 is 10.0 Å². The number of aromatic nitrogens is 2. The Labute approximate surface area is 122 Å². The molecule has 0 bridgehead atoms. The van der Waals surface area contributed by atoms with Crippen molar-refractivity contribution in [1.82, 2.24) is 19.6 Å². The highest BCUT2D eigenvalue weighted by molar-refractivity contribution is 7.89. The van der Waals surface area contributed by atoms with Gasteiger partial charge in [0, 0.05) is 25.3 Å². The van der Waals surface area contributed by atoms with E-state index in [9.17, 15) is 18.0 Å². The standard InChI is InChI=1S/C12H20N4O4S/c1-13-8-3-5-9(6-4-8)16(2)21(19,20)10-7-14-12(18)15-11(10)17/h7-9,13H,3-6H2,1-2H3,(H2,14,15,17,18). The summed E-state index contributed by atoms with van der Waals surface area (Å²) in [5.74, 6) is 0. The summed E-state index contributed by atoms with van der Waals surface area (Å²) >= 11 is 0. The first-order chi connectivity index (χ1) is 9.86. The first-order valence-electron chi connectivity index (χ1n) is 6.83. The number of rotatable bonds is 4. The fourth-order valence-corrected chi connectivity index (χ4v) is 4.08. The molecular formula is C12H20N4O4S. The Morgan fingerprint density at radius 2 is 1.86 bits per heavy atom. The smallest absolute Gasteiger partial charge is 0.317 e. The number of aromatic amines is 2. The lowest BCUT2D eigenvalue weighted by atomic mass is 9.91. The third-order valence-electron chi connectivity index (χ3n) is 4.06. The molecule has 0 atom stereocenters. The second-order valence-electron chi connectivity index (χ2n) is 5.25. The average Bonchev–Trinajstić information content (AvgIpc) is 2.46. The van der Waals surface area contributed by atoms with Gasteiger partial charge in [-0.2, -0.15) is 4.31 Å². The maximum Gasteiger partial charge on any atom is 0.325 e. The zero-order valence-electron chi connectivity index (χ0n) is 12.0. The quantitative estimate of drug-likeness (QED) is 0.673. The van der Waals surface area contributed by atoms with Crippen molar-refractivity contribution in [2.45, 2.75) is 42.7 Å². The van der Waals surface area contributed by atoms with Gasteiger partial charge in [0.25, 0.3) is 5.56 Å². The van der Waals surface area contributed by atoms with Crippen LogP contribution in [0.15, 0.2) is 20.7 Å². The van der Waals surface area contributed by atoms with Crippen LogP contribution >= 0.6 is 0 Å². The van der Waals surface area contributed by atoms with Crippen LogP contribution in [0.4, 0.5) is 0 Å². The summed E-state index contributed by atoms with van der Waals surface area (Å²) in [6, 6.07) is 0.278. The van der Waals surface area contributed by atoms with Gasteiger partial charge in [0.1, 0.15) is 0 Å². The number of nitrogens with zero attached hydrogens (tertiary/aromatic N) is 1. The molecule has 0 saturated heterocycles. The Kier molecular flexibility index (Phi) is 4.64. The Morgan fingerprint density at radius 1 is 1.24 bits per heavy atom. The lowest BCUT2D eigenvalue weighted by Crippen LogP contribution is -2.44. The van der Waals surface area contributed by atoms with Gasteiger partial charge < -0.3 is 10.3 Å². The maximum atomic E-state index is 12.5. The average molecular weight is 316 g/mol. The molecular weight excluding hydrogens is 296 g/mol. The first kappa shape index (κ1) is 15.9. The molecule has 2 rings (SSSR count). The normalized spacial score (nSPS) is 23.4. The molecule has 1 aliphatic rings. The minimum absolute atomic E-state index is 0.133. The van der Waals surface area contributed by atoms with E-state index in [2.05, 4.69) is 10.3 Å². The van der Waals surface area contributed by atoms with Gasteiger partial charge in [-0.05, 0) is 32.7 Å². The van der Waals surface area contributed by atoms with Crippen LogP contribution in [-0.4, -0.2) is 48.9 Å². The molecule has 0 spiro atoms. The van der Waals surface area contributed by atoms with Crippen LogP contribution < -0.4 is 16.6 Å². The Bertz CT molecular complexity index is 700. The van der Waals surface area contributed by atoms with Crippen LogP contribution in [0.5, 0.6) is 0 Å². The molecule has 1 fully saturated rings. The zero-order valence-corrected chi connectivity index (χ0v) is 12.9. The number of nitrogens with one attached hydrogen (secondary N) is 3. The molecule has 0 unspecified atom stereocenters. The van der Waals surface area contributed by atoms with Crippen molar-refractivity contribution in [3.05, 3.63) is 27.0 Å². The van der Waals surface area contributed by atoms with Crippen LogP contribution in [0.3, 0.4) is 0 Å². The molecule has 9 heteroatoms. The summed E-state index contributed by atoms with van der Waals surface area (Å²) < 4.78 is 26.2. The topological polar surface area (TPSA) is 115 Å². The highest BCUT2D eigenvalue weighted by atomic mass is 32.2. The number of hydrogen-bond acceptors (Lipinski definition) is 5. The molecule has 1 aromatic rings. The van der Waals surface area contributed by atoms with Crippen LogP contribution in [0, 0.1) is 0 Å². The van der Waals surface area contributed by atoms with Crippen LogP contribution in [0.2, 0.25) is 0 Å². The summed E-state index contributed by atoms with van der Waals surface area (Å²) in [4.78, 5) is 26.4. The Balaban J connectivity index is 2.23. The summed E-state index contributed by atoms with van der Waals surface area (Å²) in [7, 11) is -0.541. The molecule has 0 amide bonds. The molecule has 1 saturated carbocycles. The molecule has 1 aromatic heterocycles. The van der Waals surface area contributed by atoms with Crippen molar-refractivity contribution < 1.29 is 8.42 Å². The largest absolute Gasteiger partial charge is 0.325 e. The summed E-state index contributed by atoms with van der Waals surface area (Å²) in [6.45, 7) is 0. The van der Waals surface area contributed by atoms with Gasteiger partial charge in [0.2, 0.25) is 10.0 Å². The molecule has 1 aliphatic carbocycles. The zero-order chi connectivity index (χ0) is 15.6. The van der Waals surface area contributed by atoms with E-state index in [0.29, 0.717) is 6.04 Å². The van der Waals surface area contributed by atoms with Gasteiger partial charge in [-0.25, -0.2) is 13.2 Å². The third-order valence-corrected chi connectivity index (χ3v) is 5.98.